The van der Waals surface area contributed by atoms with Crippen LogP contribution in [0.5, 0.6) is 0 Å². The van der Waals surface area contributed by atoms with E-state index in [-0.39, 0.29) is 0 Å². The molecule has 0 aliphatic heterocycles. The van der Waals surface area contributed by atoms with Crippen molar-refractivity contribution in [3.63, 3.8) is 0 Å². The summed E-state index contributed by atoms with van der Waals surface area (Å²) < 4.78 is 15.5. The van der Waals surface area contributed by atoms with Crippen molar-refractivity contribution in [1.82, 2.24) is 13.5 Å². The maximum Gasteiger partial charge on any atom is 0.219 e. The Morgan fingerprint density at radius 1 is 1.69 bits per heavy atom. The highest BCUT2D eigenvalue weighted by atomic mass is 79.9. The molecule has 6 heteroatoms. The molecule has 1 rings (SSSR count). The molecule has 1 aromatic heterocycles. The van der Waals surface area contributed by atoms with Crippen LogP contribution in [-0.4, -0.2) is 31.8 Å². The van der Waals surface area contributed by atoms with Crippen molar-refractivity contribution < 1.29 is 4.21 Å². The molecule has 0 aliphatic carbocycles. The summed E-state index contributed by atoms with van der Waals surface area (Å²) in [6.45, 7) is 2.01. The lowest BCUT2D eigenvalue weighted by Crippen LogP contribution is -2.22. The molecule has 0 aliphatic rings. The molecule has 0 spiro atoms. The molecule has 74 valence electrons. The van der Waals surface area contributed by atoms with Gasteiger partial charge >= 0.3 is 0 Å². The molecule has 1 atom stereocenters. The summed E-state index contributed by atoms with van der Waals surface area (Å²) in [5.41, 5.74) is 0.926. The zero-order valence-corrected chi connectivity index (χ0v) is 10.2. The fourth-order valence-electron chi connectivity index (χ4n) is 0.854. The summed E-state index contributed by atoms with van der Waals surface area (Å²) >= 11 is 2.14. The van der Waals surface area contributed by atoms with Crippen molar-refractivity contribution in [2.24, 2.45) is 0 Å². The number of nitrogens with zero attached hydrogens (tertiary/aromatic N) is 3. The van der Waals surface area contributed by atoms with Crippen molar-refractivity contribution in [3.8, 4) is 0 Å². The Hall–Kier alpha value is -0.200. The summed E-state index contributed by atoms with van der Waals surface area (Å²) in [4.78, 5) is 0. The second-order valence-corrected chi connectivity index (χ2v) is 5.14. The summed E-state index contributed by atoms with van der Waals surface area (Å²) in [7, 11) is 3.49. The van der Waals surface area contributed by atoms with Crippen LogP contribution in [0.15, 0.2) is 10.7 Å². The normalized spacial score (nSPS) is 13.6. The highest BCUT2D eigenvalue weighted by Crippen LogP contribution is 2.15. The SMILES string of the molecule is CCc1nn(S(=O)N(C)C)cc1Br. The van der Waals surface area contributed by atoms with Crippen LogP contribution in [0.4, 0.5) is 0 Å². The lowest BCUT2D eigenvalue weighted by molar-refractivity contribution is 0.586. The van der Waals surface area contributed by atoms with Crippen LogP contribution < -0.4 is 0 Å². The smallest absolute Gasteiger partial charge is 0.217 e. The number of hydrogen-bond acceptors (Lipinski definition) is 2. The van der Waals surface area contributed by atoms with Gasteiger partial charge in [0.15, 0.2) is 0 Å². The molecule has 0 radical (unpaired) electrons. The lowest BCUT2D eigenvalue weighted by atomic mass is 10.3. The van der Waals surface area contributed by atoms with Crippen LogP contribution in [-0.2, 0) is 17.6 Å². The fraction of sp³-hybridized carbons (Fsp3) is 0.571. The van der Waals surface area contributed by atoms with Crippen molar-refractivity contribution in [3.05, 3.63) is 16.4 Å². The Kier molecular flexibility index (Phi) is 3.63. The first-order valence-corrected chi connectivity index (χ1v) is 5.75. The zero-order valence-electron chi connectivity index (χ0n) is 7.82. The van der Waals surface area contributed by atoms with Crippen molar-refractivity contribution in [2.45, 2.75) is 13.3 Å². The minimum absolute atomic E-state index is 0.832. The average molecular weight is 266 g/mol. The molecule has 0 bridgehead atoms. The van der Waals surface area contributed by atoms with E-state index in [1.807, 2.05) is 6.92 Å². The minimum Gasteiger partial charge on any atom is -0.217 e. The Labute approximate surface area is 88.8 Å². The molecular formula is C7H12BrN3OS. The van der Waals surface area contributed by atoms with Gasteiger partial charge in [0.05, 0.1) is 16.4 Å². The van der Waals surface area contributed by atoms with E-state index in [0.29, 0.717) is 0 Å². The van der Waals surface area contributed by atoms with E-state index in [9.17, 15) is 4.21 Å². The van der Waals surface area contributed by atoms with Gasteiger partial charge in [0.25, 0.3) is 0 Å². The van der Waals surface area contributed by atoms with E-state index in [0.717, 1.165) is 16.6 Å². The molecule has 4 nitrogen and oxygen atoms in total. The number of rotatable bonds is 3. The molecule has 13 heavy (non-hydrogen) atoms. The number of aromatic nitrogens is 2. The van der Waals surface area contributed by atoms with Crippen LogP contribution in [0.3, 0.4) is 0 Å². The maximum atomic E-state index is 11.5. The summed E-state index contributed by atoms with van der Waals surface area (Å²) in [6.07, 6.45) is 2.56. The summed E-state index contributed by atoms with van der Waals surface area (Å²) in [6, 6.07) is 0. The van der Waals surface area contributed by atoms with Gasteiger partial charge in [-0.3, -0.25) is 0 Å². The number of aryl methyl sites for hydroxylation is 1. The van der Waals surface area contributed by atoms with Crippen molar-refractivity contribution >= 4 is 27.1 Å². The first kappa shape index (κ1) is 10.9. The Morgan fingerprint density at radius 3 is 2.69 bits per heavy atom. The molecule has 0 saturated heterocycles. The predicted molar refractivity (Wildman–Crippen MR) is 56.5 cm³/mol. The molecule has 0 N–H and O–H groups in total. The van der Waals surface area contributed by atoms with Gasteiger partial charge in [-0.1, -0.05) is 6.92 Å². The van der Waals surface area contributed by atoms with Crippen molar-refractivity contribution in [1.29, 1.82) is 0 Å². The standard InChI is InChI=1S/C7H12BrN3OS/c1-4-7-6(8)5-11(9-7)13(12)10(2)3/h5H,4H2,1-3H3. The fourth-order valence-corrected chi connectivity index (χ4v) is 2.24. The monoisotopic (exact) mass is 265 g/mol. The van der Waals surface area contributed by atoms with E-state index >= 15 is 0 Å². The quantitative estimate of drug-likeness (QED) is 0.824. The number of hydrogen-bond donors (Lipinski definition) is 0. The van der Waals surface area contributed by atoms with Gasteiger partial charge in [-0.05, 0) is 22.4 Å². The predicted octanol–water partition coefficient (Wildman–Crippen LogP) is 1.20. The van der Waals surface area contributed by atoms with Crippen LogP contribution >= 0.6 is 15.9 Å². The topological polar surface area (TPSA) is 38.1 Å². The lowest BCUT2D eigenvalue weighted by Gasteiger charge is -2.07. The molecule has 1 heterocycles. The highest BCUT2D eigenvalue weighted by Gasteiger charge is 2.10. The molecule has 1 unspecified atom stereocenters. The Morgan fingerprint density at radius 2 is 2.31 bits per heavy atom. The van der Waals surface area contributed by atoms with E-state index in [1.165, 1.54) is 4.09 Å². The Balaban J connectivity index is 2.97. The summed E-state index contributed by atoms with van der Waals surface area (Å²) in [5.74, 6) is 0. The summed E-state index contributed by atoms with van der Waals surface area (Å²) in [5, 5.41) is 4.18. The van der Waals surface area contributed by atoms with E-state index in [1.54, 1.807) is 24.6 Å². The van der Waals surface area contributed by atoms with E-state index in [2.05, 4.69) is 21.0 Å². The second-order valence-electron chi connectivity index (χ2n) is 2.72. The van der Waals surface area contributed by atoms with E-state index in [4.69, 9.17) is 0 Å². The molecule has 0 saturated carbocycles. The molecule has 0 amide bonds. The maximum absolute atomic E-state index is 11.5. The van der Waals surface area contributed by atoms with Crippen LogP contribution in [0, 0.1) is 0 Å². The Bertz CT molecular complexity index is 324. The van der Waals surface area contributed by atoms with Crippen LogP contribution in [0.25, 0.3) is 0 Å². The molecule has 0 aromatic carbocycles. The van der Waals surface area contributed by atoms with Gasteiger partial charge in [0, 0.05) is 14.1 Å². The van der Waals surface area contributed by atoms with Crippen LogP contribution in [0.2, 0.25) is 0 Å². The third-order valence-electron chi connectivity index (χ3n) is 1.53. The zero-order chi connectivity index (χ0) is 10.0. The molecule has 0 fully saturated rings. The average Bonchev–Trinajstić information content (AvgIpc) is 2.45. The van der Waals surface area contributed by atoms with E-state index < -0.39 is 11.2 Å². The molecule has 1 aromatic rings. The first-order valence-electron chi connectivity index (χ1n) is 3.90. The van der Waals surface area contributed by atoms with Gasteiger partial charge in [0.1, 0.15) is 0 Å². The largest absolute Gasteiger partial charge is 0.219 e. The molecular weight excluding hydrogens is 254 g/mol. The third-order valence-corrected chi connectivity index (χ3v) is 3.32. The minimum atomic E-state index is -1.22. The third kappa shape index (κ3) is 2.38. The van der Waals surface area contributed by atoms with Gasteiger partial charge in [-0.2, -0.15) is 9.19 Å². The van der Waals surface area contributed by atoms with Gasteiger partial charge in [-0.25, -0.2) is 8.51 Å². The van der Waals surface area contributed by atoms with Gasteiger partial charge < -0.3 is 0 Å². The van der Waals surface area contributed by atoms with Crippen LogP contribution in [0.1, 0.15) is 12.6 Å². The number of halogens is 1. The second kappa shape index (κ2) is 4.34. The van der Waals surface area contributed by atoms with Crippen molar-refractivity contribution in [2.75, 3.05) is 14.1 Å². The van der Waals surface area contributed by atoms with Gasteiger partial charge in [0.2, 0.25) is 11.2 Å². The first-order chi connectivity index (χ1) is 6.06. The van der Waals surface area contributed by atoms with Gasteiger partial charge in [-0.15, -0.1) is 0 Å². The highest BCUT2D eigenvalue weighted by molar-refractivity contribution is 9.10.